The van der Waals surface area contributed by atoms with Gasteiger partial charge in [-0.3, -0.25) is 9.59 Å². The zero-order chi connectivity index (χ0) is 15.0. The molecule has 5 heteroatoms. The molecule has 0 aliphatic carbocycles. The number of benzene rings is 1. The van der Waals surface area contributed by atoms with Crippen molar-refractivity contribution in [3.8, 4) is 10.6 Å². The van der Waals surface area contributed by atoms with Gasteiger partial charge < -0.3 is 9.52 Å². The van der Waals surface area contributed by atoms with Crippen LogP contribution in [0.3, 0.4) is 0 Å². The lowest BCUT2D eigenvalue weighted by atomic mass is 10.1. The quantitative estimate of drug-likeness (QED) is 0.804. The van der Waals surface area contributed by atoms with Crippen LogP contribution >= 0.6 is 11.3 Å². The second kappa shape index (κ2) is 5.18. The summed E-state index contributed by atoms with van der Waals surface area (Å²) in [5, 5.41) is 11.3. The predicted octanol–water partition coefficient (Wildman–Crippen LogP) is 3.46. The Morgan fingerprint density at radius 3 is 2.81 bits per heavy atom. The zero-order valence-electron chi connectivity index (χ0n) is 11.3. The summed E-state index contributed by atoms with van der Waals surface area (Å²) in [7, 11) is 0. The van der Waals surface area contributed by atoms with E-state index in [1.54, 1.807) is 18.2 Å². The maximum atomic E-state index is 12.2. The lowest BCUT2D eigenvalue weighted by Gasteiger charge is -2.06. The maximum absolute atomic E-state index is 12.2. The van der Waals surface area contributed by atoms with Crippen molar-refractivity contribution in [1.29, 1.82) is 0 Å². The number of thiophene rings is 1. The van der Waals surface area contributed by atoms with Gasteiger partial charge in [-0.1, -0.05) is 12.1 Å². The summed E-state index contributed by atoms with van der Waals surface area (Å²) in [6, 6.07) is 8.41. The number of carbonyl (C=O) groups is 1. The number of aryl methyl sites for hydroxylation is 1. The molecule has 1 N–H and O–H groups in total. The molecule has 106 valence electrons. The molecule has 3 aromatic rings. The van der Waals surface area contributed by atoms with E-state index in [-0.39, 0.29) is 11.8 Å². The molecule has 0 amide bonds. The second-order valence-electron chi connectivity index (χ2n) is 4.77. The van der Waals surface area contributed by atoms with Crippen molar-refractivity contribution in [2.24, 2.45) is 0 Å². The van der Waals surface area contributed by atoms with Crippen LogP contribution in [0.25, 0.3) is 21.6 Å². The van der Waals surface area contributed by atoms with Crippen LogP contribution in [-0.2, 0) is 11.2 Å². The molecular weight excluding hydrogens is 288 g/mol. The van der Waals surface area contributed by atoms with Crippen LogP contribution < -0.4 is 5.43 Å². The van der Waals surface area contributed by atoms with Gasteiger partial charge >= 0.3 is 5.97 Å². The third-order valence-corrected chi connectivity index (χ3v) is 4.29. The van der Waals surface area contributed by atoms with E-state index in [1.165, 1.54) is 17.4 Å². The molecule has 0 spiro atoms. The van der Waals surface area contributed by atoms with Crippen LogP contribution in [0, 0.1) is 6.92 Å². The van der Waals surface area contributed by atoms with Gasteiger partial charge in [-0.25, -0.2) is 0 Å². The van der Waals surface area contributed by atoms with Gasteiger partial charge in [-0.05, 0) is 30.0 Å². The highest BCUT2D eigenvalue weighted by Gasteiger charge is 2.14. The summed E-state index contributed by atoms with van der Waals surface area (Å²) >= 11 is 1.49. The SMILES string of the molecule is Cc1ccsc1-c1cc(=O)c2cccc(CC(=O)O)c2o1. The van der Waals surface area contributed by atoms with Crippen molar-refractivity contribution in [2.75, 3.05) is 0 Å². The number of rotatable bonds is 3. The Labute approximate surface area is 124 Å². The molecule has 0 bridgehead atoms. The molecule has 4 nitrogen and oxygen atoms in total. The van der Waals surface area contributed by atoms with Gasteiger partial charge in [0.25, 0.3) is 0 Å². The molecule has 0 saturated carbocycles. The average Bonchev–Trinajstić information content (AvgIpc) is 2.85. The monoisotopic (exact) mass is 300 g/mol. The van der Waals surface area contributed by atoms with Crippen LogP contribution in [-0.4, -0.2) is 11.1 Å². The minimum absolute atomic E-state index is 0.161. The van der Waals surface area contributed by atoms with Crippen molar-refractivity contribution in [3.05, 3.63) is 57.1 Å². The first-order valence-electron chi connectivity index (χ1n) is 6.38. The molecule has 0 saturated heterocycles. The Hall–Kier alpha value is -2.40. The van der Waals surface area contributed by atoms with E-state index in [2.05, 4.69) is 0 Å². The molecule has 1 aromatic carbocycles. The molecule has 0 fully saturated rings. The maximum Gasteiger partial charge on any atom is 0.307 e. The van der Waals surface area contributed by atoms with Gasteiger partial charge in [0.2, 0.25) is 0 Å². The fourth-order valence-corrected chi connectivity index (χ4v) is 3.15. The van der Waals surface area contributed by atoms with Crippen molar-refractivity contribution in [1.82, 2.24) is 0 Å². The predicted molar refractivity (Wildman–Crippen MR) is 81.9 cm³/mol. The van der Waals surface area contributed by atoms with Crippen molar-refractivity contribution in [3.63, 3.8) is 0 Å². The Bertz CT molecular complexity index is 889. The molecule has 0 aliphatic heterocycles. The molecule has 0 unspecified atom stereocenters. The van der Waals surface area contributed by atoms with E-state index in [9.17, 15) is 9.59 Å². The molecule has 21 heavy (non-hydrogen) atoms. The number of carboxylic acid groups (broad SMARTS) is 1. The number of hydrogen-bond acceptors (Lipinski definition) is 4. The highest BCUT2D eigenvalue weighted by atomic mass is 32.1. The summed E-state index contributed by atoms with van der Waals surface area (Å²) in [6.07, 6.45) is -0.173. The first-order chi connectivity index (χ1) is 10.1. The normalized spacial score (nSPS) is 10.9. The molecule has 0 atom stereocenters. The first kappa shape index (κ1) is 13.6. The number of para-hydroxylation sites is 1. The lowest BCUT2D eigenvalue weighted by Crippen LogP contribution is -2.05. The van der Waals surface area contributed by atoms with Crippen LogP contribution in [0.2, 0.25) is 0 Å². The Balaban J connectivity index is 2.29. The Morgan fingerprint density at radius 2 is 2.14 bits per heavy atom. The Morgan fingerprint density at radius 1 is 1.33 bits per heavy atom. The van der Waals surface area contributed by atoms with Gasteiger partial charge in [-0.2, -0.15) is 0 Å². The van der Waals surface area contributed by atoms with Crippen LogP contribution in [0.15, 0.2) is 44.9 Å². The van der Waals surface area contributed by atoms with Crippen LogP contribution in [0.4, 0.5) is 0 Å². The van der Waals surface area contributed by atoms with Gasteiger partial charge in [0.1, 0.15) is 11.3 Å². The number of aliphatic carboxylic acids is 1. The van der Waals surface area contributed by atoms with E-state index in [0.717, 1.165) is 10.4 Å². The topological polar surface area (TPSA) is 67.5 Å². The average molecular weight is 300 g/mol. The standard InChI is InChI=1S/C16H12O4S/c1-9-5-6-21-16(9)13-8-12(17)11-4-2-3-10(7-14(18)19)15(11)20-13/h2-6,8H,7H2,1H3,(H,18,19). The second-order valence-corrected chi connectivity index (χ2v) is 5.69. The Kier molecular flexibility index (Phi) is 3.35. The van der Waals surface area contributed by atoms with E-state index >= 15 is 0 Å². The fourth-order valence-electron chi connectivity index (χ4n) is 2.27. The van der Waals surface area contributed by atoms with Gasteiger partial charge in [0.15, 0.2) is 5.43 Å². The summed E-state index contributed by atoms with van der Waals surface area (Å²) in [5.74, 6) is -0.472. The van der Waals surface area contributed by atoms with Crippen molar-refractivity contribution >= 4 is 28.3 Å². The minimum Gasteiger partial charge on any atom is -0.481 e. The molecule has 2 aromatic heterocycles. The van der Waals surface area contributed by atoms with Gasteiger partial charge in [0, 0.05) is 11.6 Å². The minimum atomic E-state index is -0.956. The highest BCUT2D eigenvalue weighted by Crippen LogP contribution is 2.30. The molecule has 0 radical (unpaired) electrons. The smallest absolute Gasteiger partial charge is 0.307 e. The summed E-state index contributed by atoms with van der Waals surface area (Å²) in [6.45, 7) is 1.94. The summed E-state index contributed by atoms with van der Waals surface area (Å²) in [4.78, 5) is 24.1. The molecule has 2 heterocycles. The third kappa shape index (κ3) is 2.48. The summed E-state index contributed by atoms with van der Waals surface area (Å²) < 4.78 is 5.85. The number of fused-ring (bicyclic) bond motifs is 1. The molecular formula is C16H12O4S. The van der Waals surface area contributed by atoms with Crippen LogP contribution in [0.5, 0.6) is 0 Å². The van der Waals surface area contributed by atoms with E-state index < -0.39 is 5.97 Å². The van der Waals surface area contributed by atoms with Gasteiger partial charge in [-0.15, -0.1) is 11.3 Å². The fraction of sp³-hybridized carbons (Fsp3) is 0.125. The van der Waals surface area contributed by atoms with Crippen molar-refractivity contribution in [2.45, 2.75) is 13.3 Å². The third-order valence-electron chi connectivity index (χ3n) is 3.26. The largest absolute Gasteiger partial charge is 0.481 e. The summed E-state index contributed by atoms with van der Waals surface area (Å²) in [5.41, 5.74) is 1.73. The van der Waals surface area contributed by atoms with Crippen molar-refractivity contribution < 1.29 is 14.3 Å². The van der Waals surface area contributed by atoms with E-state index in [0.29, 0.717) is 22.3 Å². The van der Waals surface area contributed by atoms with Crippen LogP contribution in [0.1, 0.15) is 11.1 Å². The number of carboxylic acids is 1. The highest BCUT2D eigenvalue weighted by molar-refractivity contribution is 7.13. The zero-order valence-corrected chi connectivity index (χ0v) is 12.1. The molecule has 0 aliphatic rings. The lowest BCUT2D eigenvalue weighted by molar-refractivity contribution is -0.136. The van der Waals surface area contributed by atoms with Gasteiger partial charge in [0.05, 0.1) is 16.7 Å². The van der Waals surface area contributed by atoms with E-state index in [4.69, 9.17) is 9.52 Å². The molecule has 3 rings (SSSR count). The van der Waals surface area contributed by atoms with E-state index in [1.807, 2.05) is 18.4 Å². The first-order valence-corrected chi connectivity index (χ1v) is 7.26. The number of hydrogen-bond donors (Lipinski definition) is 1.